The van der Waals surface area contributed by atoms with Crippen molar-refractivity contribution in [3.63, 3.8) is 0 Å². The molecule has 0 aliphatic rings. The van der Waals surface area contributed by atoms with Gasteiger partial charge < -0.3 is 4.74 Å². The van der Waals surface area contributed by atoms with Crippen LogP contribution in [0.5, 0.6) is 5.75 Å². The molecule has 0 aliphatic heterocycles. The highest BCUT2D eigenvalue weighted by atomic mass is 33.1. The lowest BCUT2D eigenvalue weighted by Gasteiger charge is -2.01. The van der Waals surface area contributed by atoms with Crippen molar-refractivity contribution in [2.45, 2.75) is 11.8 Å². The second-order valence-corrected chi connectivity index (χ2v) is 4.83. The van der Waals surface area contributed by atoms with E-state index in [0.717, 1.165) is 11.5 Å². The molecule has 0 N–H and O–H groups in total. The van der Waals surface area contributed by atoms with Gasteiger partial charge in [-0.3, -0.25) is 0 Å². The molecule has 0 fully saturated rings. The van der Waals surface area contributed by atoms with Crippen LogP contribution in [-0.4, -0.2) is 12.9 Å². The number of ether oxygens (including phenoxy) is 1. The lowest BCUT2D eigenvalue weighted by Crippen LogP contribution is -1.81. The first-order chi connectivity index (χ1) is 5.86. The van der Waals surface area contributed by atoms with Crippen LogP contribution < -0.4 is 4.74 Å². The Morgan fingerprint density at radius 1 is 1.42 bits per heavy atom. The predicted molar refractivity (Wildman–Crippen MR) is 57.0 cm³/mol. The quantitative estimate of drug-likeness (QED) is 0.689. The van der Waals surface area contributed by atoms with E-state index in [1.165, 1.54) is 4.90 Å². The van der Waals surface area contributed by atoms with Crippen LogP contribution >= 0.6 is 21.6 Å². The summed E-state index contributed by atoms with van der Waals surface area (Å²) in [6, 6.07) is 8.11. The lowest BCUT2D eigenvalue weighted by atomic mass is 10.3. The number of hydrogen-bond acceptors (Lipinski definition) is 3. The Labute approximate surface area is 81.3 Å². The normalized spacial score (nSPS) is 9.83. The molecule has 3 heteroatoms. The van der Waals surface area contributed by atoms with E-state index in [0.29, 0.717) is 0 Å². The van der Waals surface area contributed by atoms with Gasteiger partial charge in [0.2, 0.25) is 0 Å². The van der Waals surface area contributed by atoms with Crippen molar-refractivity contribution < 1.29 is 4.74 Å². The van der Waals surface area contributed by atoms with Gasteiger partial charge in [0.05, 0.1) is 7.11 Å². The smallest absolute Gasteiger partial charge is 0.120 e. The molecule has 66 valence electrons. The fourth-order valence-electron chi connectivity index (χ4n) is 0.780. The molecule has 0 amide bonds. The third-order valence-corrected chi connectivity index (χ3v) is 3.75. The maximum Gasteiger partial charge on any atom is 0.120 e. The zero-order valence-corrected chi connectivity index (χ0v) is 8.87. The summed E-state index contributed by atoms with van der Waals surface area (Å²) in [5, 5.41) is 0. The molecule has 1 aromatic rings. The Kier molecular flexibility index (Phi) is 4.40. The largest absolute Gasteiger partial charge is 0.497 e. The highest BCUT2D eigenvalue weighted by Gasteiger charge is 1.95. The van der Waals surface area contributed by atoms with Crippen molar-refractivity contribution in [3.8, 4) is 5.75 Å². The van der Waals surface area contributed by atoms with E-state index in [1.807, 2.05) is 29.0 Å². The van der Waals surface area contributed by atoms with E-state index in [1.54, 1.807) is 17.9 Å². The van der Waals surface area contributed by atoms with Crippen LogP contribution in [0.4, 0.5) is 0 Å². The van der Waals surface area contributed by atoms with E-state index >= 15 is 0 Å². The first-order valence-corrected chi connectivity index (χ1v) is 6.12. The molecule has 0 bridgehead atoms. The summed E-state index contributed by atoms with van der Waals surface area (Å²) < 4.78 is 5.11. The van der Waals surface area contributed by atoms with Crippen molar-refractivity contribution in [3.05, 3.63) is 24.3 Å². The summed E-state index contributed by atoms with van der Waals surface area (Å²) >= 11 is 0. The molecule has 1 nitrogen and oxygen atoms in total. The summed E-state index contributed by atoms with van der Waals surface area (Å²) in [5.41, 5.74) is 0. The zero-order chi connectivity index (χ0) is 8.81. The number of hydrogen-bond donors (Lipinski definition) is 0. The molecule has 1 aromatic carbocycles. The molecule has 0 spiro atoms. The van der Waals surface area contributed by atoms with Crippen LogP contribution in [0.1, 0.15) is 6.92 Å². The highest BCUT2D eigenvalue weighted by Crippen LogP contribution is 2.32. The van der Waals surface area contributed by atoms with Crippen molar-refractivity contribution in [2.75, 3.05) is 12.9 Å². The van der Waals surface area contributed by atoms with Crippen molar-refractivity contribution in [1.29, 1.82) is 0 Å². The highest BCUT2D eigenvalue weighted by molar-refractivity contribution is 8.76. The molecule has 0 aromatic heterocycles. The second kappa shape index (κ2) is 5.38. The number of benzene rings is 1. The Balaban J connectivity index is 2.60. The minimum absolute atomic E-state index is 0.928. The van der Waals surface area contributed by atoms with Crippen LogP contribution in [0.2, 0.25) is 0 Å². The van der Waals surface area contributed by atoms with Gasteiger partial charge in [0.25, 0.3) is 0 Å². The van der Waals surface area contributed by atoms with Gasteiger partial charge >= 0.3 is 0 Å². The average molecular weight is 200 g/mol. The number of methoxy groups -OCH3 is 1. The van der Waals surface area contributed by atoms with Gasteiger partial charge in [0, 0.05) is 10.6 Å². The summed E-state index contributed by atoms with van der Waals surface area (Å²) in [5.74, 6) is 2.05. The Morgan fingerprint density at radius 2 is 2.25 bits per heavy atom. The minimum atomic E-state index is 0.928. The molecule has 0 saturated heterocycles. The third kappa shape index (κ3) is 2.99. The van der Waals surface area contributed by atoms with Crippen molar-refractivity contribution >= 4 is 21.6 Å². The van der Waals surface area contributed by atoms with Gasteiger partial charge in [-0.25, -0.2) is 0 Å². The molecule has 0 radical (unpaired) electrons. The predicted octanol–water partition coefficient (Wildman–Crippen LogP) is 3.46. The second-order valence-electron chi connectivity index (χ2n) is 2.17. The Bertz CT molecular complexity index is 238. The van der Waals surface area contributed by atoms with Gasteiger partial charge in [-0.05, 0) is 18.2 Å². The van der Waals surface area contributed by atoms with E-state index < -0.39 is 0 Å². The first kappa shape index (κ1) is 9.81. The molecule has 0 saturated carbocycles. The molecular weight excluding hydrogens is 188 g/mol. The van der Waals surface area contributed by atoms with Crippen LogP contribution in [-0.2, 0) is 0 Å². The monoisotopic (exact) mass is 200 g/mol. The average Bonchev–Trinajstić information content (AvgIpc) is 2.15. The minimum Gasteiger partial charge on any atom is -0.497 e. The summed E-state index contributed by atoms with van der Waals surface area (Å²) in [6.45, 7) is 2.15. The van der Waals surface area contributed by atoms with Crippen LogP contribution in [0.3, 0.4) is 0 Å². The summed E-state index contributed by atoms with van der Waals surface area (Å²) in [4.78, 5) is 1.25. The third-order valence-electron chi connectivity index (χ3n) is 1.31. The maximum atomic E-state index is 5.11. The first-order valence-electron chi connectivity index (χ1n) is 3.80. The summed E-state index contributed by atoms with van der Waals surface area (Å²) in [7, 11) is 5.32. The standard InChI is InChI=1S/C9H12OS2/c1-3-11-12-9-6-4-5-8(7-9)10-2/h4-7H,3H2,1-2H3. The fraction of sp³-hybridized carbons (Fsp3) is 0.333. The van der Waals surface area contributed by atoms with Crippen LogP contribution in [0, 0.1) is 0 Å². The van der Waals surface area contributed by atoms with Gasteiger partial charge in [0.15, 0.2) is 0 Å². The van der Waals surface area contributed by atoms with Crippen LogP contribution in [0.15, 0.2) is 29.2 Å². The molecule has 0 atom stereocenters. The molecule has 12 heavy (non-hydrogen) atoms. The van der Waals surface area contributed by atoms with Crippen LogP contribution in [0.25, 0.3) is 0 Å². The van der Waals surface area contributed by atoms with E-state index in [4.69, 9.17) is 4.74 Å². The maximum absolute atomic E-state index is 5.11. The molecule has 0 aliphatic carbocycles. The van der Waals surface area contributed by atoms with Gasteiger partial charge in [0.1, 0.15) is 5.75 Å². The SMILES string of the molecule is CCSSc1cccc(OC)c1. The lowest BCUT2D eigenvalue weighted by molar-refractivity contribution is 0.413. The molecule has 0 heterocycles. The fourth-order valence-corrected chi connectivity index (χ4v) is 2.41. The van der Waals surface area contributed by atoms with E-state index in [2.05, 4.69) is 13.0 Å². The molecular formula is C9H12OS2. The van der Waals surface area contributed by atoms with Crippen molar-refractivity contribution in [2.24, 2.45) is 0 Å². The topological polar surface area (TPSA) is 9.23 Å². The zero-order valence-electron chi connectivity index (χ0n) is 7.24. The van der Waals surface area contributed by atoms with Gasteiger partial charge in [-0.2, -0.15) is 0 Å². The van der Waals surface area contributed by atoms with E-state index in [-0.39, 0.29) is 0 Å². The van der Waals surface area contributed by atoms with Gasteiger partial charge in [-0.1, -0.05) is 34.6 Å². The molecule has 0 unspecified atom stereocenters. The van der Waals surface area contributed by atoms with E-state index in [9.17, 15) is 0 Å². The number of rotatable bonds is 4. The summed E-state index contributed by atoms with van der Waals surface area (Å²) in [6.07, 6.45) is 0. The molecule has 1 rings (SSSR count). The van der Waals surface area contributed by atoms with Gasteiger partial charge in [-0.15, -0.1) is 0 Å². The Hall–Kier alpha value is -0.280. The Morgan fingerprint density at radius 3 is 2.92 bits per heavy atom. The van der Waals surface area contributed by atoms with Crippen molar-refractivity contribution in [1.82, 2.24) is 0 Å².